The van der Waals surface area contributed by atoms with Crippen molar-refractivity contribution in [2.45, 2.75) is 50.6 Å². The van der Waals surface area contributed by atoms with Crippen LogP contribution in [0.3, 0.4) is 0 Å². The fourth-order valence-corrected chi connectivity index (χ4v) is 6.82. The van der Waals surface area contributed by atoms with Gasteiger partial charge in [0.25, 0.3) is 0 Å². The second-order valence-electron chi connectivity index (χ2n) is 8.61. The first-order valence-corrected chi connectivity index (χ1v) is 12.1. The molecule has 4 heterocycles. The molecule has 9 nitrogen and oxygen atoms in total. The summed E-state index contributed by atoms with van der Waals surface area (Å²) in [6, 6.07) is 5.57. The lowest BCUT2D eigenvalue weighted by Crippen LogP contribution is -2.49. The number of carbonyl (C=O) groups is 2. The van der Waals surface area contributed by atoms with Gasteiger partial charge in [0, 0.05) is 25.0 Å². The topological polar surface area (TPSA) is 113 Å². The number of sulfonamides is 1. The predicted molar refractivity (Wildman–Crippen MR) is 109 cm³/mol. The van der Waals surface area contributed by atoms with Crippen LogP contribution in [0, 0.1) is 5.92 Å². The third-order valence-electron chi connectivity index (χ3n) is 6.50. The number of piperidine rings is 1. The van der Waals surface area contributed by atoms with Crippen molar-refractivity contribution < 1.29 is 22.5 Å². The van der Waals surface area contributed by atoms with Crippen LogP contribution >= 0.6 is 0 Å². The van der Waals surface area contributed by atoms with E-state index in [1.807, 2.05) is 18.2 Å². The normalized spacial score (nSPS) is 27.6. The molecule has 1 aromatic carbocycles. The van der Waals surface area contributed by atoms with E-state index in [0.717, 1.165) is 43.1 Å². The average molecular weight is 433 g/mol. The Hall–Kier alpha value is -2.46. The molecular weight excluding hydrogens is 408 g/mol. The minimum atomic E-state index is -3.16. The number of urea groups is 1. The SMILES string of the molecule is CS(=O)(=O)N1[C@@H]2CC[C@H]1CC(Cc1ccc3onc(N4CCC(=O)NC4=O)c3c1)C2. The van der Waals surface area contributed by atoms with Crippen molar-refractivity contribution in [1.29, 1.82) is 0 Å². The summed E-state index contributed by atoms with van der Waals surface area (Å²) in [5, 5.41) is 7.11. The minimum Gasteiger partial charge on any atom is -0.354 e. The van der Waals surface area contributed by atoms with Crippen LogP contribution in [0.25, 0.3) is 11.0 Å². The van der Waals surface area contributed by atoms with Gasteiger partial charge in [-0.1, -0.05) is 11.2 Å². The maximum absolute atomic E-state index is 12.2. The smallest absolute Gasteiger partial charge is 0.329 e. The molecule has 0 aliphatic carbocycles. The number of imide groups is 1. The van der Waals surface area contributed by atoms with Gasteiger partial charge in [-0.25, -0.2) is 13.2 Å². The molecule has 2 bridgehead atoms. The first-order chi connectivity index (χ1) is 14.3. The number of carbonyl (C=O) groups excluding carboxylic acids is 2. The monoisotopic (exact) mass is 432 g/mol. The number of aromatic nitrogens is 1. The van der Waals surface area contributed by atoms with Crippen molar-refractivity contribution >= 4 is 38.7 Å². The van der Waals surface area contributed by atoms with Gasteiger partial charge in [-0.15, -0.1) is 0 Å². The summed E-state index contributed by atoms with van der Waals surface area (Å²) in [7, 11) is -3.16. The van der Waals surface area contributed by atoms with E-state index in [9.17, 15) is 18.0 Å². The van der Waals surface area contributed by atoms with Crippen molar-refractivity contribution in [2.75, 3.05) is 17.7 Å². The molecule has 160 valence electrons. The molecule has 0 saturated carbocycles. The standard InChI is InChI=1S/C20H24N4O5S/c1-30(27,28)24-14-3-4-15(24)10-13(9-14)8-12-2-5-17-16(11-12)19(22-29-17)23-7-6-18(25)21-20(23)26/h2,5,11,13-15H,3-4,6-10H2,1H3,(H,21,25,26)/t13?,14-,15+. The van der Waals surface area contributed by atoms with Crippen LogP contribution < -0.4 is 10.2 Å². The molecule has 3 aliphatic rings. The van der Waals surface area contributed by atoms with Crippen molar-refractivity contribution in [3.05, 3.63) is 23.8 Å². The number of anilines is 1. The largest absolute Gasteiger partial charge is 0.354 e. The summed E-state index contributed by atoms with van der Waals surface area (Å²) in [6.07, 6.45) is 5.99. The first kappa shape index (κ1) is 19.5. The van der Waals surface area contributed by atoms with E-state index < -0.39 is 16.1 Å². The lowest BCUT2D eigenvalue weighted by atomic mass is 9.87. The second kappa shape index (κ2) is 7.05. The highest BCUT2D eigenvalue weighted by Crippen LogP contribution is 2.41. The molecule has 3 fully saturated rings. The van der Waals surface area contributed by atoms with Gasteiger partial charge in [0.1, 0.15) is 0 Å². The van der Waals surface area contributed by atoms with E-state index in [4.69, 9.17) is 4.52 Å². The number of hydrogen-bond acceptors (Lipinski definition) is 6. The summed E-state index contributed by atoms with van der Waals surface area (Å²) < 4.78 is 31.3. The molecule has 3 atom stereocenters. The summed E-state index contributed by atoms with van der Waals surface area (Å²) in [5.41, 5.74) is 1.70. The van der Waals surface area contributed by atoms with E-state index in [1.165, 1.54) is 11.2 Å². The Bertz CT molecular complexity index is 1110. The zero-order valence-electron chi connectivity index (χ0n) is 16.7. The van der Waals surface area contributed by atoms with Gasteiger partial charge in [0.2, 0.25) is 15.9 Å². The number of amides is 3. The van der Waals surface area contributed by atoms with Gasteiger partial charge in [0.05, 0.1) is 11.6 Å². The molecule has 5 rings (SSSR count). The fourth-order valence-electron chi connectivity index (χ4n) is 5.35. The molecule has 30 heavy (non-hydrogen) atoms. The molecule has 2 aromatic rings. The maximum Gasteiger partial charge on any atom is 0.329 e. The molecule has 10 heteroatoms. The predicted octanol–water partition coefficient (Wildman–Crippen LogP) is 2.02. The molecule has 3 amide bonds. The number of fused-ring (bicyclic) bond motifs is 3. The number of nitrogens with one attached hydrogen (secondary N) is 1. The summed E-state index contributed by atoms with van der Waals surface area (Å²) in [4.78, 5) is 25.1. The van der Waals surface area contributed by atoms with E-state index in [0.29, 0.717) is 17.3 Å². The van der Waals surface area contributed by atoms with Gasteiger partial charge in [-0.05, 0) is 55.7 Å². The molecule has 1 N–H and O–H groups in total. The molecule has 3 saturated heterocycles. The number of rotatable bonds is 4. The zero-order chi connectivity index (χ0) is 21.0. The molecule has 0 spiro atoms. The summed E-state index contributed by atoms with van der Waals surface area (Å²) >= 11 is 0. The van der Waals surface area contributed by atoms with Crippen molar-refractivity contribution in [1.82, 2.24) is 14.8 Å². The highest BCUT2D eigenvalue weighted by molar-refractivity contribution is 7.88. The van der Waals surface area contributed by atoms with E-state index in [1.54, 1.807) is 4.31 Å². The Labute approximate surface area is 174 Å². The van der Waals surface area contributed by atoms with Crippen LogP contribution in [0.4, 0.5) is 10.6 Å². The summed E-state index contributed by atoms with van der Waals surface area (Å²) in [5.74, 6) is 0.542. The molecule has 1 unspecified atom stereocenters. The quantitative estimate of drug-likeness (QED) is 0.791. The zero-order valence-corrected chi connectivity index (χ0v) is 17.5. The Morgan fingerprint density at radius 2 is 1.93 bits per heavy atom. The van der Waals surface area contributed by atoms with Crippen LogP contribution in [0.1, 0.15) is 37.7 Å². The van der Waals surface area contributed by atoms with Gasteiger partial charge in [0.15, 0.2) is 11.4 Å². The fraction of sp³-hybridized carbons (Fsp3) is 0.550. The van der Waals surface area contributed by atoms with Crippen LogP contribution in [0.15, 0.2) is 22.7 Å². The van der Waals surface area contributed by atoms with Crippen LogP contribution in [0.5, 0.6) is 0 Å². The van der Waals surface area contributed by atoms with Gasteiger partial charge in [-0.3, -0.25) is 15.0 Å². The van der Waals surface area contributed by atoms with E-state index in [-0.39, 0.29) is 31.0 Å². The minimum absolute atomic E-state index is 0.105. The van der Waals surface area contributed by atoms with Gasteiger partial charge < -0.3 is 4.52 Å². The number of hydrogen-bond donors (Lipinski definition) is 1. The lowest BCUT2D eigenvalue weighted by Gasteiger charge is -2.37. The highest BCUT2D eigenvalue weighted by atomic mass is 32.2. The first-order valence-electron chi connectivity index (χ1n) is 10.3. The van der Waals surface area contributed by atoms with Crippen LogP contribution in [0.2, 0.25) is 0 Å². The Morgan fingerprint density at radius 3 is 2.60 bits per heavy atom. The van der Waals surface area contributed by atoms with E-state index >= 15 is 0 Å². The Kier molecular flexibility index (Phi) is 4.59. The lowest BCUT2D eigenvalue weighted by molar-refractivity contribution is -0.120. The third kappa shape index (κ3) is 3.37. The van der Waals surface area contributed by atoms with Gasteiger partial charge >= 0.3 is 6.03 Å². The molecule has 1 aromatic heterocycles. The van der Waals surface area contributed by atoms with Crippen molar-refractivity contribution in [2.24, 2.45) is 5.92 Å². The van der Waals surface area contributed by atoms with Crippen molar-refractivity contribution in [3.8, 4) is 0 Å². The molecule has 0 radical (unpaired) electrons. The summed E-state index contributed by atoms with van der Waals surface area (Å²) in [6.45, 7) is 0.268. The van der Waals surface area contributed by atoms with E-state index in [2.05, 4.69) is 10.5 Å². The maximum atomic E-state index is 12.2. The van der Waals surface area contributed by atoms with Crippen LogP contribution in [-0.4, -0.2) is 54.7 Å². The number of nitrogens with zero attached hydrogens (tertiary/aromatic N) is 3. The Balaban J connectivity index is 1.36. The average Bonchev–Trinajstić information content (AvgIpc) is 3.20. The van der Waals surface area contributed by atoms with Crippen molar-refractivity contribution in [3.63, 3.8) is 0 Å². The number of benzene rings is 1. The Morgan fingerprint density at radius 1 is 1.20 bits per heavy atom. The second-order valence-corrected chi connectivity index (χ2v) is 10.5. The highest BCUT2D eigenvalue weighted by Gasteiger charge is 2.45. The van der Waals surface area contributed by atoms with Gasteiger partial charge in [-0.2, -0.15) is 4.31 Å². The molecular formula is C20H24N4O5S. The third-order valence-corrected chi connectivity index (χ3v) is 7.86. The van der Waals surface area contributed by atoms with Crippen LogP contribution in [-0.2, 0) is 21.2 Å². The molecule has 3 aliphatic heterocycles.